The van der Waals surface area contributed by atoms with Gasteiger partial charge in [0.1, 0.15) is 0 Å². The van der Waals surface area contributed by atoms with Crippen LogP contribution in [-0.2, 0) is 19.3 Å². The number of alkyl halides is 3. The van der Waals surface area contributed by atoms with E-state index < -0.39 is 17.8 Å². The molecule has 0 aliphatic rings. The molecule has 3 heterocycles. The average molecular weight is 478 g/mol. The number of nitrogens with zero attached hydrogens (tertiary/aromatic N) is 6. The molecule has 5 aromatic rings. The molecule has 0 radical (unpaired) electrons. The number of carbonyl (C=O) groups is 1. The van der Waals surface area contributed by atoms with Gasteiger partial charge in [0.05, 0.1) is 17.9 Å². The van der Waals surface area contributed by atoms with Crippen molar-refractivity contribution in [1.82, 2.24) is 29.3 Å². The van der Waals surface area contributed by atoms with E-state index in [4.69, 9.17) is 0 Å². The molecule has 3 aromatic heterocycles. The standard InChI is InChI=1S/C25H21F3N6O/c1-3-33-19(10-11-29-33)15-32(2)24(35)21-14-23-30-20(13-22(25(26,27)28)34(23)31-21)18-9-8-16-6-4-5-7-17(16)12-18/h4-14H,3,15H2,1-2H3. The Morgan fingerprint density at radius 1 is 1.03 bits per heavy atom. The van der Waals surface area contributed by atoms with Gasteiger partial charge < -0.3 is 4.90 Å². The molecule has 1 amide bonds. The van der Waals surface area contributed by atoms with Crippen LogP contribution in [0.5, 0.6) is 0 Å². The third-order valence-electron chi connectivity index (χ3n) is 5.83. The monoisotopic (exact) mass is 478 g/mol. The summed E-state index contributed by atoms with van der Waals surface area (Å²) in [4.78, 5) is 18.8. The number of aromatic nitrogens is 5. The highest BCUT2D eigenvalue weighted by Crippen LogP contribution is 2.33. The summed E-state index contributed by atoms with van der Waals surface area (Å²) < 4.78 is 44.4. The highest BCUT2D eigenvalue weighted by atomic mass is 19.4. The van der Waals surface area contributed by atoms with E-state index in [-0.39, 0.29) is 23.6 Å². The summed E-state index contributed by atoms with van der Waals surface area (Å²) in [6.45, 7) is 2.80. The van der Waals surface area contributed by atoms with Crippen molar-refractivity contribution in [3.63, 3.8) is 0 Å². The molecule has 0 spiro atoms. The van der Waals surface area contributed by atoms with Crippen LogP contribution in [0.4, 0.5) is 13.2 Å². The molecule has 7 nitrogen and oxygen atoms in total. The molecule has 0 aliphatic carbocycles. The van der Waals surface area contributed by atoms with Gasteiger partial charge in [-0.25, -0.2) is 9.50 Å². The predicted molar refractivity (Wildman–Crippen MR) is 125 cm³/mol. The fourth-order valence-electron chi connectivity index (χ4n) is 4.07. The maximum Gasteiger partial charge on any atom is 0.433 e. The average Bonchev–Trinajstić information content (AvgIpc) is 3.48. The number of fused-ring (bicyclic) bond motifs is 2. The van der Waals surface area contributed by atoms with Gasteiger partial charge in [0, 0.05) is 31.4 Å². The van der Waals surface area contributed by atoms with Crippen molar-refractivity contribution in [2.24, 2.45) is 0 Å². The highest BCUT2D eigenvalue weighted by Gasteiger charge is 2.36. The van der Waals surface area contributed by atoms with E-state index in [1.807, 2.05) is 37.3 Å². The lowest BCUT2D eigenvalue weighted by Crippen LogP contribution is -2.28. The number of hydrogen-bond acceptors (Lipinski definition) is 4. The van der Waals surface area contributed by atoms with E-state index >= 15 is 0 Å². The zero-order valence-corrected chi connectivity index (χ0v) is 19.0. The van der Waals surface area contributed by atoms with Gasteiger partial charge in [-0.2, -0.15) is 23.4 Å². The third kappa shape index (κ3) is 4.23. The minimum atomic E-state index is -4.70. The zero-order valence-electron chi connectivity index (χ0n) is 19.0. The van der Waals surface area contributed by atoms with Crippen molar-refractivity contribution in [2.45, 2.75) is 26.2 Å². The molecular formula is C25H21F3N6O. The van der Waals surface area contributed by atoms with Gasteiger partial charge in [-0.05, 0) is 35.9 Å². The number of amides is 1. The summed E-state index contributed by atoms with van der Waals surface area (Å²) in [7, 11) is 1.57. The van der Waals surface area contributed by atoms with Crippen molar-refractivity contribution >= 4 is 22.3 Å². The minimum absolute atomic E-state index is 0.0571. The normalized spacial score (nSPS) is 11.9. The maximum absolute atomic E-state index is 14.0. The van der Waals surface area contributed by atoms with Crippen LogP contribution in [0, 0.1) is 0 Å². The highest BCUT2D eigenvalue weighted by molar-refractivity contribution is 5.93. The largest absolute Gasteiger partial charge is 0.433 e. The molecule has 0 aliphatic heterocycles. The molecular weight excluding hydrogens is 457 g/mol. The van der Waals surface area contributed by atoms with E-state index in [1.165, 1.54) is 11.0 Å². The van der Waals surface area contributed by atoms with Crippen LogP contribution < -0.4 is 0 Å². The Hall–Kier alpha value is -4.21. The van der Waals surface area contributed by atoms with Crippen LogP contribution in [0.25, 0.3) is 27.7 Å². The summed E-state index contributed by atoms with van der Waals surface area (Å²) >= 11 is 0. The van der Waals surface area contributed by atoms with Crippen molar-refractivity contribution in [3.05, 3.63) is 83.9 Å². The lowest BCUT2D eigenvalue weighted by molar-refractivity contribution is -0.142. The van der Waals surface area contributed by atoms with Crippen LogP contribution >= 0.6 is 0 Å². The fourth-order valence-corrected chi connectivity index (χ4v) is 4.07. The number of aryl methyl sites for hydroxylation is 1. The molecule has 0 bridgehead atoms. The van der Waals surface area contributed by atoms with Crippen LogP contribution in [-0.4, -0.2) is 42.2 Å². The van der Waals surface area contributed by atoms with E-state index in [2.05, 4.69) is 15.2 Å². The van der Waals surface area contributed by atoms with Crippen molar-refractivity contribution in [2.75, 3.05) is 7.05 Å². The zero-order chi connectivity index (χ0) is 24.7. The maximum atomic E-state index is 14.0. The first-order valence-corrected chi connectivity index (χ1v) is 11.0. The van der Waals surface area contributed by atoms with Crippen LogP contribution in [0.1, 0.15) is 28.8 Å². The molecule has 10 heteroatoms. The first-order chi connectivity index (χ1) is 16.7. The van der Waals surface area contributed by atoms with Gasteiger partial charge in [-0.15, -0.1) is 0 Å². The Morgan fingerprint density at radius 3 is 2.54 bits per heavy atom. The summed E-state index contributed by atoms with van der Waals surface area (Å²) in [5, 5.41) is 10.0. The molecule has 0 saturated heterocycles. The topological polar surface area (TPSA) is 68.3 Å². The number of carbonyl (C=O) groups excluding carboxylic acids is 1. The van der Waals surface area contributed by atoms with E-state index in [0.717, 1.165) is 22.5 Å². The Balaban J connectivity index is 1.55. The molecule has 0 unspecified atom stereocenters. The van der Waals surface area contributed by atoms with Crippen LogP contribution in [0.3, 0.4) is 0 Å². The quantitative estimate of drug-likeness (QED) is 0.354. The lowest BCUT2D eigenvalue weighted by atomic mass is 10.0. The second-order valence-electron chi connectivity index (χ2n) is 8.19. The Labute approximate surface area is 198 Å². The molecule has 0 atom stereocenters. The van der Waals surface area contributed by atoms with E-state index in [1.54, 1.807) is 36.1 Å². The summed E-state index contributed by atoms with van der Waals surface area (Å²) in [5.74, 6) is -0.514. The summed E-state index contributed by atoms with van der Waals surface area (Å²) in [6.07, 6.45) is -3.06. The summed E-state index contributed by atoms with van der Waals surface area (Å²) in [5.41, 5.74) is 0.309. The van der Waals surface area contributed by atoms with E-state index in [9.17, 15) is 18.0 Å². The van der Waals surface area contributed by atoms with Crippen molar-refractivity contribution in [3.8, 4) is 11.3 Å². The molecule has 2 aromatic carbocycles. The smallest absolute Gasteiger partial charge is 0.334 e. The van der Waals surface area contributed by atoms with Gasteiger partial charge in [0.15, 0.2) is 17.0 Å². The van der Waals surface area contributed by atoms with Gasteiger partial charge in [0.2, 0.25) is 0 Å². The molecule has 35 heavy (non-hydrogen) atoms. The Bertz CT molecular complexity index is 1550. The second kappa shape index (κ2) is 8.53. The second-order valence-corrected chi connectivity index (χ2v) is 8.19. The number of benzene rings is 2. The Morgan fingerprint density at radius 2 is 1.80 bits per heavy atom. The number of rotatable bonds is 5. The molecule has 178 valence electrons. The van der Waals surface area contributed by atoms with Gasteiger partial charge in [0.25, 0.3) is 5.91 Å². The van der Waals surface area contributed by atoms with Crippen LogP contribution in [0.2, 0.25) is 0 Å². The van der Waals surface area contributed by atoms with Crippen molar-refractivity contribution in [1.29, 1.82) is 0 Å². The van der Waals surface area contributed by atoms with E-state index in [0.29, 0.717) is 16.6 Å². The Kier molecular flexibility index (Phi) is 5.50. The number of halogens is 3. The molecule has 0 saturated carbocycles. The van der Waals surface area contributed by atoms with Gasteiger partial charge in [-0.3, -0.25) is 9.48 Å². The molecule has 0 fully saturated rings. The molecule has 5 rings (SSSR count). The minimum Gasteiger partial charge on any atom is -0.334 e. The fraction of sp³-hybridized carbons (Fsp3) is 0.200. The van der Waals surface area contributed by atoms with Crippen LogP contribution in [0.15, 0.2) is 66.9 Å². The molecule has 0 N–H and O–H groups in total. The number of hydrogen-bond donors (Lipinski definition) is 0. The summed E-state index contributed by atoms with van der Waals surface area (Å²) in [6, 6.07) is 17.0. The van der Waals surface area contributed by atoms with Gasteiger partial charge >= 0.3 is 6.18 Å². The van der Waals surface area contributed by atoms with Gasteiger partial charge in [-0.1, -0.05) is 36.4 Å². The SMILES string of the molecule is CCn1nccc1CN(C)C(=O)c1cc2nc(-c3ccc4ccccc4c3)cc(C(F)(F)F)n2n1. The predicted octanol–water partition coefficient (Wildman–Crippen LogP) is 5.06. The van der Waals surface area contributed by atoms with Crippen molar-refractivity contribution < 1.29 is 18.0 Å². The lowest BCUT2D eigenvalue weighted by Gasteiger charge is -2.16. The first kappa shape index (κ1) is 22.6. The third-order valence-corrected chi connectivity index (χ3v) is 5.83. The first-order valence-electron chi connectivity index (χ1n) is 11.0.